The number of pyridine rings is 1. The summed E-state index contributed by atoms with van der Waals surface area (Å²) < 4.78 is 5.44. The van der Waals surface area contributed by atoms with Crippen molar-refractivity contribution in [3.05, 3.63) is 83.7 Å². The smallest absolute Gasteiger partial charge is 0.335 e. The lowest BCUT2D eigenvalue weighted by Gasteiger charge is -2.15. The largest absolute Gasteiger partial charge is 0.479 e. The van der Waals surface area contributed by atoms with E-state index in [1.165, 1.54) is 0 Å². The third-order valence-electron chi connectivity index (χ3n) is 5.34. The lowest BCUT2D eigenvalue weighted by atomic mass is 9.94. The number of amides is 1. The molecule has 4 rings (SSSR count). The molecule has 0 bridgehead atoms. The van der Waals surface area contributed by atoms with Crippen molar-refractivity contribution in [3.63, 3.8) is 0 Å². The van der Waals surface area contributed by atoms with E-state index in [-0.39, 0.29) is 6.04 Å². The van der Waals surface area contributed by atoms with E-state index in [4.69, 9.17) is 36.4 Å². The molecule has 192 valence electrons. The van der Waals surface area contributed by atoms with Gasteiger partial charge in [0.15, 0.2) is 17.8 Å². The summed E-state index contributed by atoms with van der Waals surface area (Å²) in [4.78, 5) is 35.5. The summed E-state index contributed by atoms with van der Waals surface area (Å²) in [6, 6.07) is 18.5. The number of benzene rings is 2. The Morgan fingerprint density at radius 3 is 2.14 bits per heavy atom. The lowest BCUT2D eigenvalue weighted by molar-refractivity contribution is -0.165. The number of aliphatic carboxylic acids is 2. The first-order valence-corrected chi connectivity index (χ1v) is 10.9. The fourth-order valence-corrected chi connectivity index (χ4v) is 3.51. The van der Waals surface area contributed by atoms with Crippen LogP contribution in [-0.2, 0) is 16.0 Å². The molecule has 0 spiro atoms. The molecule has 0 unspecified atom stereocenters. The molecule has 12 nitrogen and oxygen atoms in total. The van der Waals surface area contributed by atoms with Crippen molar-refractivity contribution < 1.29 is 39.3 Å². The fraction of sp³-hybridized carbons (Fsp3) is 0.160. The van der Waals surface area contributed by atoms with Gasteiger partial charge < -0.3 is 36.4 Å². The number of hydrogen-bond acceptors (Lipinski definition) is 9. The number of aromatic nitrogens is 2. The van der Waals surface area contributed by atoms with Gasteiger partial charge in [-0.2, -0.15) is 0 Å². The Labute approximate surface area is 209 Å². The first kappa shape index (κ1) is 26.9. The maximum absolute atomic E-state index is 11.6. The highest BCUT2D eigenvalue weighted by Gasteiger charge is 2.29. The molecule has 4 aromatic rings. The van der Waals surface area contributed by atoms with Gasteiger partial charge in [-0.15, -0.1) is 0 Å². The molecule has 0 radical (unpaired) electrons. The van der Waals surface area contributed by atoms with Crippen LogP contribution in [0.5, 0.6) is 0 Å². The number of hydrogen-bond donors (Lipinski definition) is 6. The highest BCUT2D eigenvalue weighted by molar-refractivity contribution is 6.07. The molecule has 3 atom stereocenters. The monoisotopic (exact) mass is 508 g/mol. The van der Waals surface area contributed by atoms with Crippen molar-refractivity contribution in [1.29, 1.82) is 0 Å². The van der Waals surface area contributed by atoms with Gasteiger partial charge in [0.1, 0.15) is 5.69 Å². The summed E-state index contributed by atoms with van der Waals surface area (Å²) in [5, 5.41) is 37.5. The Morgan fingerprint density at radius 2 is 1.54 bits per heavy atom. The van der Waals surface area contributed by atoms with E-state index in [0.717, 1.165) is 22.2 Å². The average molecular weight is 508 g/mol. The molecule has 37 heavy (non-hydrogen) atoms. The van der Waals surface area contributed by atoms with Crippen molar-refractivity contribution >= 4 is 28.8 Å². The molecular formula is C25H24N4O8. The maximum Gasteiger partial charge on any atom is 0.335 e. The van der Waals surface area contributed by atoms with Gasteiger partial charge >= 0.3 is 11.9 Å². The summed E-state index contributed by atoms with van der Waals surface area (Å²) in [5.74, 6) is -4.09. The zero-order valence-corrected chi connectivity index (χ0v) is 19.3. The van der Waals surface area contributed by atoms with E-state index in [9.17, 15) is 14.4 Å². The van der Waals surface area contributed by atoms with Gasteiger partial charge in [0.25, 0.3) is 5.91 Å². The van der Waals surface area contributed by atoms with E-state index >= 15 is 0 Å². The van der Waals surface area contributed by atoms with Crippen LogP contribution < -0.4 is 11.5 Å². The van der Waals surface area contributed by atoms with Gasteiger partial charge in [0.05, 0.1) is 10.9 Å². The van der Waals surface area contributed by atoms with E-state index in [0.29, 0.717) is 23.3 Å². The van der Waals surface area contributed by atoms with Crippen LogP contribution in [0, 0.1) is 0 Å². The van der Waals surface area contributed by atoms with E-state index in [1.54, 1.807) is 18.3 Å². The second-order valence-corrected chi connectivity index (χ2v) is 7.86. The van der Waals surface area contributed by atoms with E-state index < -0.39 is 30.1 Å². The summed E-state index contributed by atoms with van der Waals surface area (Å²) in [6.07, 6.45) is -2.18. The van der Waals surface area contributed by atoms with Crippen LogP contribution >= 0.6 is 0 Å². The summed E-state index contributed by atoms with van der Waals surface area (Å²) in [6.45, 7) is 0. The number of para-hydroxylation sites is 1. The average Bonchev–Trinajstić information content (AvgIpc) is 3.32. The number of aliphatic hydroxyl groups excluding tert-OH is 2. The van der Waals surface area contributed by atoms with Gasteiger partial charge in [-0.05, 0) is 29.8 Å². The molecule has 0 aliphatic carbocycles. The highest BCUT2D eigenvalue weighted by Crippen LogP contribution is 2.34. The Bertz CT molecular complexity index is 1390. The van der Waals surface area contributed by atoms with Crippen LogP contribution in [0.3, 0.4) is 0 Å². The van der Waals surface area contributed by atoms with Crippen molar-refractivity contribution in [1.82, 2.24) is 10.1 Å². The SMILES string of the molecule is NC(=O)c1cccc2c(-c3ccccc3[C@@H](N)Cc3ccccn3)noc12.O=C(O)[C@H](O)[C@@H](O)C(=O)O. The number of rotatable bonds is 8. The molecule has 0 aliphatic heterocycles. The van der Waals surface area contributed by atoms with Crippen LogP contribution in [0.2, 0.25) is 0 Å². The van der Waals surface area contributed by atoms with Crippen LogP contribution in [0.1, 0.15) is 27.7 Å². The first-order valence-electron chi connectivity index (χ1n) is 10.9. The topological polar surface area (TPSA) is 223 Å². The first-order chi connectivity index (χ1) is 17.6. The van der Waals surface area contributed by atoms with Crippen molar-refractivity contribution in [2.75, 3.05) is 0 Å². The molecular weight excluding hydrogens is 484 g/mol. The summed E-state index contributed by atoms with van der Waals surface area (Å²) in [5.41, 5.74) is 16.0. The standard InChI is InChI=1S/C21H18N4O2.C4H6O6/c22-18(12-13-6-3-4-11-24-13)14-7-1-2-8-15(14)19-16-9-5-10-17(21(23)26)20(16)27-25-19;5-1(3(7)8)2(6)4(9)10/h1-11,18H,12,22H2,(H2,23,26);1-2,5-6H,(H,7,8)(H,9,10)/t18-;1-,2-/m01/s1. The molecule has 0 aliphatic rings. The van der Waals surface area contributed by atoms with Crippen LogP contribution in [0.4, 0.5) is 0 Å². The molecule has 0 fully saturated rings. The van der Waals surface area contributed by atoms with Crippen molar-refractivity contribution in [3.8, 4) is 11.3 Å². The van der Waals surface area contributed by atoms with Crippen LogP contribution in [0.25, 0.3) is 22.2 Å². The highest BCUT2D eigenvalue weighted by atomic mass is 16.5. The van der Waals surface area contributed by atoms with Crippen molar-refractivity contribution in [2.45, 2.75) is 24.7 Å². The maximum atomic E-state index is 11.6. The predicted molar refractivity (Wildman–Crippen MR) is 130 cm³/mol. The Hall–Kier alpha value is -4.65. The zero-order valence-electron chi connectivity index (χ0n) is 19.3. The lowest BCUT2D eigenvalue weighted by Crippen LogP contribution is -2.39. The normalized spacial score (nSPS) is 13.2. The predicted octanol–water partition coefficient (Wildman–Crippen LogP) is 1.11. The number of carbonyl (C=O) groups excluding carboxylic acids is 1. The van der Waals surface area contributed by atoms with Crippen molar-refractivity contribution in [2.24, 2.45) is 11.5 Å². The number of carbonyl (C=O) groups is 3. The number of fused-ring (bicyclic) bond motifs is 1. The Morgan fingerprint density at radius 1 is 0.892 bits per heavy atom. The quantitative estimate of drug-likeness (QED) is 0.198. The second kappa shape index (κ2) is 11.9. The summed E-state index contributed by atoms with van der Waals surface area (Å²) in [7, 11) is 0. The number of nitrogens with two attached hydrogens (primary N) is 2. The molecule has 2 heterocycles. The van der Waals surface area contributed by atoms with Gasteiger partial charge in [0, 0.05) is 29.9 Å². The number of primary amides is 1. The summed E-state index contributed by atoms with van der Waals surface area (Å²) >= 11 is 0. The number of carboxylic acids is 2. The zero-order chi connectivity index (χ0) is 27.1. The van der Waals surface area contributed by atoms with Gasteiger partial charge in [-0.1, -0.05) is 41.6 Å². The minimum Gasteiger partial charge on any atom is -0.479 e. The molecule has 1 amide bonds. The molecule has 0 saturated heterocycles. The van der Waals surface area contributed by atoms with Crippen LogP contribution in [-0.4, -0.2) is 60.6 Å². The minimum atomic E-state index is -2.27. The van der Waals surface area contributed by atoms with Gasteiger partial charge in [0.2, 0.25) is 0 Å². The number of aliphatic hydroxyl groups is 2. The second-order valence-electron chi connectivity index (χ2n) is 7.86. The molecule has 0 saturated carbocycles. The Balaban J connectivity index is 0.000000325. The van der Waals surface area contributed by atoms with Gasteiger partial charge in [-0.3, -0.25) is 9.78 Å². The number of nitrogens with zero attached hydrogens (tertiary/aromatic N) is 2. The van der Waals surface area contributed by atoms with E-state index in [2.05, 4.69) is 10.1 Å². The molecule has 8 N–H and O–H groups in total. The van der Waals surface area contributed by atoms with Gasteiger partial charge in [-0.25, -0.2) is 9.59 Å². The molecule has 2 aromatic carbocycles. The third-order valence-corrected chi connectivity index (χ3v) is 5.34. The fourth-order valence-electron chi connectivity index (χ4n) is 3.51. The molecule has 12 heteroatoms. The number of carboxylic acid groups (broad SMARTS) is 2. The van der Waals surface area contributed by atoms with Crippen LogP contribution in [0.15, 0.2) is 71.4 Å². The molecule has 2 aromatic heterocycles. The van der Waals surface area contributed by atoms with E-state index in [1.807, 2.05) is 48.5 Å². The minimum absolute atomic E-state index is 0.262. The Kier molecular flexibility index (Phi) is 8.64. The third kappa shape index (κ3) is 6.32.